The first-order valence-electron chi connectivity index (χ1n) is 12.2. The minimum absolute atomic E-state index is 0.120. The summed E-state index contributed by atoms with van der Waals surface area (Å²) in [5.74, 6) is 1.34. The van der Waals surface area contributed by atoms with Gasteiger partial charge in [-0.25, -0.2) is 4.98 Å². The smallest absolute Gasteiger partial charge is 0.221 e. The standard InChI is InChI=1S/C26H35ClN6O3/c1-30(2)10-7-28-26(34)6-8-31-11-13-32(14-12-31)19-5-9-33-18-22(29-25(33)15-19)20-16-21(27)24(36-4)17-23(20)35-3/h5,9,15-18H,6-8,10-14H2,1-4H3,(H,28,34). The van der Waals surface area contributed by atoms with Crippen LogP contribution in [0.3, 0.4) is 0 Å². The van der Waals surface area contributed by atoms with Crippen LogP contribution >= 0.6 is 11.6 Å². The molecule has 0 atom stereocenters. The molecule has 2 aromatic heterocycles. The van der Waals surface area contributed by atoms with Crippen LogP contribution in [0.4, 0.5) is 5.69 Å². The van der Waals surface area contributed by atoms with E-state index in [0.717, 1.165) is 61.9 Å². The van der Waals surface area contributed by atoms with E-state index >= 15 is 0 Å². The predicted molar refractivity (Wildman–Crippen MR) is 144 cm³/mol. The van der Waals surface area contributed by atoms with Crippen molar-refractivity contribution in [1.29, 1.82) is 0 Å². The molecule has 4 rings (SSSR count). The van der Waals surface area contributed by atoms with Gasteiger partial charge in [0.1, 0.15) is 17.1 Å². The lowest BCUT2D eigenvalue weighted by atomic mass is 10.1. The first kappa shape index (κ1) is 26.1. The molecule has 0 radical (unpaired) electrons. The molecule has 1 aliphatic rings. The fourth-order valence-electron chi connectivity index (χ4n) is 4.35. The summed E-state index contributed by atoms with van der Waals surface area (Å²) in [4.78, 5) is 23.7. The number of fused-ring (bicyclic) bond motifs is 1. The Balaban J connectivity index is 1.37. The molecule has 0 spiro atoms. The van der Waals surface area contributed by atoms with Crippen LogP contribution < -0.4 is 19.7 Å². The molecule has 1 aromatic carbocycles. The van der Waals surface area contributed by atoms with Gasteiger partial charge in [-0.05, 0) is 26.2 Å². The van der Waals surface area contributed by atoms with Gasteiger partial charge < -0.3 is 29.0 Å². The number of carbonyl (C=O) groups is 1. The lowest BCUT2D eigenvalue weighted by Gasteiger charge is -2.36. The molecule has 36 heavy (non-hydrogen) atoms. The number of benzene rings is 1. The van der Waals surface area contributed by atoms with Gasteiger partial charge in [0.25, 0.3) is 0 Å². The third-order valence-corrected chi connectivity index (χ3v) is 6.76. The van der Waals surface area contributed by atoms with Crippen molar-refractivity contribution in [2.75, 3.05) is 79.0 Å². The number of carbonyl (C=O) groups excluding carboxylic acids is 1. The van der Waals surface area contributed by atoms with Gasteiger partial charge in [-0.1, -0.05) is 11.6 Å². The van der Waals surface area contributed by atoms with Crippen molar-refractivity contribution >= 4 is 28.8 Å². The predicted octanol–water partition coefficient (Wildman–Crippen LogP) is 2.86. The average molecular weight is 515 g/mol. The molecule has 1 fully saturated rings. The molecule has 0 unspecified atom stereocenters. The van der Waals surface area contributed by atoms with Crippen molar-refractivity contribution in [3.8, 4) is 22.8 Å². The number of hydrogen-bond acceptors (Lipinski definition) is 7. The maximum Gasteiger partial charge on any atom is 0.221 e. The van der Waals surface area contributed by atoms with Crippen molar-refractivity contribution in [2.45, 2.75) is 6.42 Å². The van der Waals surface area contributed by atoms with E-state index < -0.39 is 0 Å². The highest BCUT2D eigenvalue weighted by atomic mass is 35.5. The van der Waals surface area contributed by atoms with Gasteiger partial charge in [-0.2, -0.15) is 0 Å². The third kappa shape index (κ3) is 6.21. The number of amides is 1. The summed E-state index contributed by atoms with van der Waals surface area (Å²) in [6.07, 6.45) is 4.54. The molecule has 194 valence electrons. The molecule has 0 bridgehead atoms. The zero-order valence-electron chi connectivity index (χ0n) is 21.5. The van der Waals surface area contributed by atoms with E-state index in [1.807, 2.05) is 37.0 Å². The quantitative estimate of drug-likeness (QED) is 0.446. The van der Waals surface area contributed by atoms with E-state index in [1.54, 1.807) is 20.3 Å². The van der Waals surface area contributed by atoms with E-state index in [4.69, 9.17) is 26.1 Å². The number of ether oxygens (including phenoxy) is 2. The van der Waals surface area contributed by atoms with E-state index in [1.165, 1.54) is 0 Å². The molecule has 0 aliphatic carbocycles. The molecule has 9 nitrogen and oxygen atoms in total. The number of likely N-dealkylation sites (N-methyl/N-ethyl adjacent to an activating group) is 1. The van der Waals surface area contributed by atoms with Crippen LogP contribution in [-0.2, 0) is 4.79 Å². The van der Waals surface area contributed by atoms with Gasteiger partial charge in [0.05, 0.1) is 24.9 Å². The van der Waals surface area contributed by atoms with Gasteiger partial charge in [-0.3, -0.25) is 9.69 Å². The average Bonchev–Trinajstić information content (AvgIpc) is 3.30. The number of imidazole rings is 1. The van der Waals surface area contributed by atoms with Crippen LogP contribution in [0.2, 0.25) is 5.02 Å². The summed E-state index contributed by atoms with van der Waals surface area (Å²) >= 11 is 6.37. The number of hydrogen-bond donors (Lipinski definition) is 1. The Kier molecular flexibility index (Phi) is 8.56. The molecular formula is C26H35ClN6O3. The second kappa shape index (κ2) is 11.8. The highest BCUT2D eigenvalue weighted by Gasteiger charge is 2.19. The minimum Gasteiger partial charge on any atom is -0.496 e. The van der Waals surface area contributed by atoms with Crippen LogP contribution in [0, 0.1) is 0 Å². The van der Waals surface area contributed by atoms with Crippen LogP contribution in [0.1, 0.15) is 6.42 Å². The van der Waals surface area contributed by atoms with Crippen molar-refractivity contribution in [1.82, 2.24) is 24.5 Å². The monoisotopic (exact) mass is 514 g/mol. The second-order valence-electron chi connectivity index (χ2n) is 9.20. The summed E-state index contributed by atoms with van der Waals surface area (Å²) in [5, 5.41) is 3.50. The summed E-state index contributed by atoms with van der Waals surface area (Å²) in [7, 11) is 7.21. The largest absolute Gasteiger partial charge is 0.496 e. The number of piperazine rings is 1. The third-order valence-electron chi connectivity index (χ3n) is 6.47. The first-order valence-corrected chi connectivity index (χ1v) is 12.5. The zero-order valence-corrected chi connectivity index (χ0v) is 22.2. The lowest BCUT2D eigenvalue weighted by molar-refractivity contribution is -0.121. The number of halogens is 1. The van der Waals surface area contributed by atoms with Crippen LogP contribution in [-0.4, -0.2) is 99.2 Å². The van der Waals surface area contributed by atoms with Crippen LogP contribution in [0.15, 0.2) is 36.7 Å². The zero-order chi connectivity index (χ0) is 25.7. The highest BCUT2D eigenvalue weighted by molar-refractivity contribution is 6.32. The molecule has 0 saturated carbocycles. The first-order chi connectivity index (χ1) is 17.4. The summed E-state index contributed by atoms with van der Waals surface area (Å²) in [6, 6.07) is 7.82. The van der Waals surface area contributed by atoms with Gasteiger partial charge in [0, 0.05) is 88.0 Å². The van der Waals surface area contributed by atoms with Crippen LogP contribution in [0.5, 0.6) is 11.5 Å². The van der Waals surface area contributed by atoms with Crippen molar-refractivity contribution in [3.63, 3.8) is 0 Å². The molecule has 1 saturated heterocycles. The number of rotatable bonds is 10. The highest BCUT2D eigenvalue weighted by Crippen LogP contribution is 2.38. The number of pyridine rings is 1. The second-order valence-corrected chi connectivity index (χ2v) is 9.60. The van der Waals surface area contributed by atoms with Crippen LogP contribution in [0.25, 0.3) is 16.9 Å². The van der Waals surface area contributed by atoms with E-state index in [2.05, 4.69) is 32.1 Å². The summed E-state index contributed by atoms with van der Waals surface area (Å²) < 4.78 is 12.9. The normalized spacial score (nSPS) is 14.4. The van der Waals surface area contributed by atoms with Gasteiger partial charge in [-0.15, -0.1) is 0 Å². The summed E-state index contributed by atoms with van der Waals surface area (Å²) in [5.41, 5.74) is 3.59. The SMILES string of the molecule is COc1cc(OC)c(-c2cn3ccc(N4CCN(CCC(=O)NCCN(C)C)CC4)cc3n2)cc1Cl. The minimum atomic E-state index is 0.120. The topological polar surface area (TPSA) is 74.6 Å². The molecular weight excluding hydrogens is 480 g/mol. The Morgan fingerprint density at radius 2 is 1.86 bits per heavy atom. The lowest BCUT2D eigenvalue weighted by Crippen LogP contribution is -2.47. The Bertz CT molecular complexity index is 1190. The molecule has 1 N–H and O–H groups in total. The number of nitrogens with zero attached hydrogens (tertiary/aromatic N) is 5. The van der Waals surface area contributed by atoms with Crippen molar-refractivity contribution in [2.24, 2.45) is 0 Å². The summed E-state index contributed by atoms with van der Waals surface area (Å²) in [6.45, 7) is 6.01. The fraction of sp³-hybridized carbons (Fsp3) is 0.462. The van der Waals surface area contributed by atoms with E-state index in [9.17, 15) is 4.79 Å². The number of methoxy groups -OCH3 is 2. The Morgan fingerprint density at radius 1 is 1.11 bits per heavy atom. The molecule has 10 heteroatoms. The van der Waals surface area contributed by atoms with Gasteiger partial charge in [0.15, 0.2) is 0 Å². The molecule has 3 aromatic rings. The Labute approximate surface area is 217 Å². The fourth-order valence-corrected chi connectivity index (χ4v) is 4.60. The number of aromatic nitrogens is 2. The maximum absolute atomic E-state index is 12.1. The van der Waals surface area contributed by atoms with Gasteiger partial charge >= 0.3 is 0 Å². The Morgan fingerprint density at radius 3 is 2.56 bits per heavy atom. The van der Waals surface area contributed by atoms with Crippen molar-refractivity contribution in [3.05, 3.63) is 41.7 Å². The number of anilines is 1. The maximum atomic E-state index is 12.1. The molecule has 1 amide bonds. The van der Waals surface area contributed by atoms with Gasteiger partial charge in [0.2, 0.25) is 5.91 Å². The van der Waals surface area contributed by atoms with E-state index in [-0.39, 0.29) is 5.91 Å². The number of nitrogens with one attached hydrogen (secondary N) is 1. The Hall–Kier alpha value is -3.01. The molecule has 1 aliphatic heterocycles. The van der Waals surface area contributed by atoms with E-state index in [0.29, 0.717) is 29.5 Å². The van der Waals surface area contributed by atoms with Crippen molar-refractivity contribution < 1.29 is 14.3 Å². The molecule has 3 heterocycles.